The molecule has 0 aliphatic rings. The van der Waals surface area contributed by atoms with Gasteiger partial charge >= 0.3 is 0 Å². The second kappa shape index (κ2) is 14.9. The van der Waals surface area contributed by atoms with Gasteiger partial charge in [0.25, 0.3) is 17.1 Å². The molecule has 4 rings (SSSR count). The summed E-state index contributed by atoms with van der Waals surface area (Å²) >= 11 is 0. The summed E-state index contributed by atoms with van der Waals surface area (Å²) in [6, 6.07) is 12.8. The summed E-state index contributed by atoms with van der Waals surface area (Å²) in [5.74, 6) is -2.84. The fourth-order valence-electron chi connectivity index (χ4n) is 3.15. The van der Waals surface area contributed by atoms with E-state index in [4.69, 9.17) is 11.8 Å². The number of hydrogen-bond donors (Lipinski definition) is 6. The fourth-order valence-corrected chi connectivity index (χ4v) is 3.15. The van der Waals surface area contributed by atoms with Crippen LogP contribution in [0.1, 0.15) is 5.56 Å². The molecule has 0 amide bonds. The van der Waals surface area contributed by atoms with Crippen LogP contribution in [-0.4, -0.2) is 40.5 Å². The number of nitriles is 1. The zero-order valence-corrected chi connectivity index (χ0v) is 23.0. The van der Waals surface area contributed by atoms with E-state index in [2.05, 4.69) is 25.3 Å². The van der Waals surface area contributed by atoms with Crippen LogP contribution in [0.4, 0.5) is 39.8 Å². The number of phenols is 6. The van der Waals surface area contributed by atoms with Gasteiger partial charge in [0.2, 0.25) is 0 Å². The van der Waals surface area contributed by atoms with Gasteiger partial charge in [-0.25, -0.2) is 4.85 Å². The summed E-state index contributed by atoms with van der Waals surface area (Å²) in [4.78, 5) is 22.7. The van der Waals surface area contributed by atoms with Crippen molar-refractivity contribution in [1.29, 1.82) is 5.26 Å². The molecular formula is C26H16CoN8O10. The number of azo groups is 2. The van der Waals surface area contributed by atoms with Crippen molar-refractivity contribution in [3.63, 3.8) is 0 Å². The summed E-state index contributed by atoms with van der Waals surface area (Å²) in [7, 11) is 0. The number of phenolic OH excluding ortho intramolecular Hbond substituents is 6. The van der Waals surface area contributed by atoms with E-state index < -0.39 is 44.3 Å². The Morgan fingerprint density at radius 2 is 1.04 bits per heavy atom. The van der Waals surface area contributed by atoms with Crippen LogP contribution in [0.25, 0.3) is 4.85 Å². The Balaban J connectivity index is 0.000000307. The van der Waals surface area contributed by atoms with Crippen molar-refractivity contribution in [3.8, 4) is 40.6 Å². The first-order valence-electron chi connectivity index (χ1n) is 11.5. The Labute approximate surface area is 261 Å². The van der Waals surface area contributed by atoms with Gasteiger partial charge in [-0.1, -0.05) is 0 Å². The van der Waals surface area contributed by atoms with Crippen molar-refractivity contribution in [2.24, 2.45) is 20.5 Å². The first kappa shape index (κ1) is 34.4. The molecule has 1 radical (unpaired) electrons. The average Bonchev–Trinajstić information content (AvgIpc) is 2.98. The molecule has 18 nitrogen and oxygen atoms in total. The van der Waals surface area contributed by atoms with Gasteiger partial charge in [0.15, 0.2) is 11.5 Å². The quantitative estimate of drug-likeness (QED) is 0.0549. The maximum Gasteiger partial charge on any atom is 0.273 e. The first-order valence-corrected chi connectivity index (χ1v) is 11.5. The number of hydrogen-bond acceptors (Lipinski definition) is 15. The summed E-state index contributed by atoms with van der Waals surface area (Å²) in [5, 5.41) is 102. The molecule has 0 heterocycles. The van der Waals surface area contributed by atoms with Crippen molar-refractivity contribution in [1.82, 2.24) is 0 Å². The van der Waals surface area contributed by atoms with E-state index in [9.17, 15) is 50.9 Å². The second-order valence-corrected chi connectivity index (χ2v) is 8.11. The number of non-ortho nitro benzene ring substituents is 2. The third-order valence-electron chi connectivity index (χ3n) is 5.34. The molecule has 6 N–H and O–H groups in total. The minimum Gasteiger partial charge on any atom is -0.519 e. The minimum absolute atomic E-state index is 0. The second-order valence-electron chi connectivity index (χ2n) is 8.11. The van der Waals surface area contributed by atoms with Gasteiger partial charge in [0.1, 0.15) is 57.4 Å². The monoisotopic (exact) mass is 659 g/mol. The molecule has 0 saturated heterocycles. The molecule has 4 aromatic carbocycles. The number of rotatable bonds is 6. The molecule has 0 atom stereocenters. The predicted octanol–water partition coefficient (Wildman–Crippen LogP) is 6.67. The molecule has 0 bridgehead atoms. The van der Waals surface area contributed by atoms with E-state index in [1.807, 2.05) is 0 Å². The van der Waals surface area contributed by atoms with E-state index >= 15 is 0 Å². The van der Waals surface area contributed by atoms with Crippen LogP contribution in [0, 0.1) is 38.1 Å². The summed E-state index contributed by atoms with van der Waals surface area (Å²) < 4.78 is 0. The molecule has 45 heavy (non-hydrogen) atoms. The standard InChI is InChI=1S/2C13H8N4O5.Co/c1-14-12-10(18)5-4-9(13(12)20)16-15-8-3-2-7(17(21)22)6-11(8)19;14-6-8-11(18)4-3-10(13(8)20)16-15-9-2-1-7(17(21)22)5-12(9)19;/h2-6,18-20H;1-5,18-20H;. The van der Waals surface area contributed by atoms with Crippen molar-refractivity contribution >= 4 is 39.8 Å². The number of nitro benzene ring substituents is 2. The predicted molar refractivity (Wildman–Crippen MR) is 148 cm³/mol. The van der Waals surface area contributed by atoms with Crippen molar-refractivity contribution in [2.75, 3.05) is 0 Å². The molecule has 229 valence electrons. The van der Waals surface area contributed by atoms with Gasteiger partial charge < -0.3 is 30.6 Å². The van der Waals surface area contributed by atoms with Crippen LogP contribution in [-0.2, 0) is 16.8 Å². The zero-order valence-electron chi connectivity index (χ0n) is 22.0. The van der Waals surface area contributed by atoms with Crippen LogP contribution in [0.15, 0.2) is 81.1 Å². The molecule has 0 saturated carbocycles. The van der Waals surface area contributed by atoms with E-state index in [0.29, 0.717) is 0 Å². The Morgan fingerprint density at radius 3 is 1.44 bits per heavy atom. The zero-order chi connectivity index (χ0) is 32.6. The molecule has 0 fully saturated rings. The van der Waals surface area contributed by atoms with E-state index in [1.54, 1.807) is 6.07 Å². The molecule has 19 heteroatoms. The molecule has 0 unspecified atom stereocenters. The van der Waals surface area contributed by atoms with Crippen LogP contribution in [0.5, 0.6) is 34.5 Å². The average molecular weight is 659 g/mol. The van der Waals surface area contributed by atoms with Crippen LogP contribution in [0.3, 0.4) is 0 Å². The van der Waals surface area contributed by atoms with Gasteiger partial charge in [-0.3, -0.25) is 20.2 Å². The first-order chi connectivity index (χ1) is 20.9. The van der Waals surface area contributed by atoms with Gasteiger partial charge in [-0.2, -0.15) is 5.26 Å². The summed E-state index contributed by atoms with van der Waals surface area (Å²) in [5.41, 5.74) is -1.66. The van der Waals surface area contributed by atoms with Crippen molar-refractivity contribution < 1.29 is 57.3 Å². The van der Waals surface area contributed by atoms with Crippen molar-refractivity contribution in [2.45, 2.75) is 0 Å². The molecule has 0 aliphatic carbocycles. The van der Waals surface area contributed by atoms with Gasteiger partial charge in [-0.15, -0.1) is 20.5 Å². The summed E-state index contributed by atoms with van der Waals surface area (Å²) in [6.45, 7) is 6.85. The molecule has 4 aromatic rings. The van der Waals surface area contributed by atoms with Crippen LogP contribution < -0.4 is 0 Å². The Morgan fingerprint density at radius 1 is 0.644 bits per heavy atom. The fraction of sp³-hybridized carbons (Fsp3) is 0. The number of benzene rings is 4. The Kier molecular flexibility index (Phi) is 11.4. The van der Waals surface area contributed by atoms with Gasteiger partial charge in [-0.05, 0) is 36.4 Å². The van der Waals surface area contributed by atoms with E-state index in [-0.39, 0.29) is 62.2 Å². The third kappa shape index (κ3) is 8.14. The third-order valence-corrected chi connectivity index (χ3v) is 5.34. The topological polar surface area (TPSA) is 285 Å². The maximum atomic E-state index is 10.5. The van der Waals surface area contributed by atoms with Gasteiger partial charge in [0.05, 0.1) is 28.6 Å². The summed E-state index contributed by atoms with van der Waals surface area (Å²) in [6.07, 6.45) is 0. The maximum absolute atomic E-state index is 10.5. The minimum atomic E-state index is -0.675. The van der Waals surface area contributed by atoms with Crippen molar-refractivity contribution in [3.05, 3.63) is 97.9 Å². The normalized spacial score (nSPS) is 10.3. The Bertz CT molecular complexity index is 1800. The van der Waals surface area contributed by atoms with E-state index in [1.165, 1.54) is 24.3 Å². The smallest absolute Gasteiger partial charge is 0.273 e. The number of aromatic hydroxyl groups is 6. The van der Waals surface area contributed by atoms with Crippen LogP contribution >= 0.6 is 0 Å². The van der Waals surface area contributed by atoms with E-state index in [0.717, 1.165) is 36.4 Å². The molecule has 0 aromatic heterocycles. The molecule has 0 spiro atoms. The largest absolute Gasteiger partial charge is 0.519 e. The van der Waals surface area contributed by atoms with Crippen LogP contribution in [0.2, 0.25) is 0 Å². The SMILES string of the molecule is N#Cc1c(O)ccc(N=Nc2ccc([N+](=O)[O-])cc2O)c1O.[C-]#[N+]c1c(O)ccc(N=Nc2ccc([N+](=O)[O-])cc2O)c1O.[Co]. The van der Waals surface area contributed by atoms with Gasteiger partial charge in [0, 0.05) is 28.9 Å². The molecular weight excluding hydrogens is 643 g/mol. The number of nitrogens with zero attached hydrogens (tertiary/aromatic N) is 8. The molecule has 0 aliphatic heterocycles. The number of nitro groups is 2. The Hall–Kier alpha value is -6.83.